The molecule has 1 aromatic rings. The molecule has 10 heteroatoms. The minimum Gasteiger partial charge on any atom is -0.481 e. The highest BCUT2D eigenvalue weighted by molar-refractivity contribution is 5.69. The first-order chi connectivity index (χ1) is 29.4. The van der Waals surface area contributed by atoms with E-state index in [9.17, 15) is 30.0 Å². The molecule has 8 aliphatic rings. The lowest BCUT2D eigenvalue weighted by atomic mass is 9.43. The predicted molar refractivity (Wildman–Crippen MR) is 240 cm³/mol. The van der Waals surface area contributed by atoms with Gasteiger partial charge in [0.1, 0.15) is 0 Å². The van der Waals surface area contributed by atoms with E-state index in [2.05, 4.69) is 51.5 Å². The Bertz CT molecular complexity index is 1620. The first-order valence-electron chi connectivity index (χ1n) is 25.3. The number of methoxy groups -OCH3 is 1. The van der Waals surface area contributed by atoms with E-state index in [0.29, 0.717) is 82.9 Å². The van der Waals surface area contributed by atoms with Gasteiger partial charge in [0.2, 0.25) is 0 Å². The number of nitrogens with zero attached hydrogens (tertiary/aromatic N) is 1. The number of nitrogens with one attached hydrogen (secondary N) is 1. The van der Waals surface area contributed by atoms with Crippen molar-refractivity contribution in [3.05, 3.63) is 18.7 Å². The normalized spacial score (nSPS) is 47.5. The summed E-state index contributed by atoms with van der Waals surface area (Å²) >= 11 is 0. The number of carbonyl (C=O) groups is 2. The molecule has 20 atom stereocenters. The van der Waals surface area contributed by atoms with E-state index >= 15 is 0 Å². The van der Waals surface area contributed by atoms with Crippen LogP contribution in [0.5, 0.6) is 0 Å². The molecule has 62 heavy (non-hydrogen) atoms. The number of carbonyl (C=O) groups excluding carboxylic acids is 1. The minimum atomic E-state index is -0.684. The Balaban J connectivity index is 0.000000167. The van der Waals surface area contributed by atoms with Crippen molar-refractivity contribution in [3.63, 3.8) is 0 Å². The van der Waals surface area contributed by atoms with Crippen LogP contribution in [0.3, 0.4) is 0 Å². The van der Waals surface area contributed by atoms with E-state index < -0.39 is 5.97 Å². The van der Waals surface area contributed by atoms with E-state index in [-0.39, 0.29) is 53.1 Å². The number of rotatable bonds is 8. The van der Waals surface area contributed by atoms with Gasteiger partial charge in [0.15, 0.2) is 0 Å². The quantitative estimate of drug-likeness (QED) is 0.139. The number of carboxylic acids is 1. The van der Waals surface area contributed by atoms with Gasteiger partial charge in [-0.3, -0.25) is 9.59 Å². The zero-order valence-electron chi connectivity index (χ0n) is 39.5. The van der Waals surface area contributed by atoms with Gasteiger partial charge in [0.05, 0.1) is 37.9 Å². The van der Waals surface area contributed by atoms with Gasteiger partial charge in [-0.2, -0.15) is 0 Å². The number of hydrogen-bond donors (Lipinski definition) is 6. The van der Waals surface area contributed by atoms with Gasteiger partial charge >= 0.3 is 11.9 Å². The molecule has 0 aromatic carbocycles. The van der Waals surface area contributed by atoms with Crippen LogP contribution in [0.15, 0.2) is 18.7 Å². The van der Waals surface area contributed by atoms with Crippen molar-refractivity contribution in [2.75, 3.05) is 7.11 Å². The molecule has 0 bridgehead atoms. The van der Waals surface area contributed by atoms with E-state index in [1.54, 1.807) is 18.7 Å². The topological polar surface area (TPSA) is 173 Å². The zero-order valence-corrected chi connectivity index (χ0v) is 39.5. The second-order valence-corrected chi connectivity index (χ2v) is 23.7. The van der Waals surface area contributed by atoms with Crippen molar-refractivity contribution in [2.45, 2.75) is 194 Å². The Morgan fingerprint density at radius 3 is 1.47 bits per heavy atom. The number of ether oxygens (including phenoxy) is 1. The number of imidazole rings is 1. The van der Waals surface area contributed by atoms with Crippen molar-refractivity contribution >= 4 is 11.9 Å². The molecule has 352 valence electrons. The van der Waals surface area contributed by atoms with Gasteiger partial charge in [0.25, 0.3) is 0 Å². The SMILES string of the molecule is COC(=O)CC[C@@H](C)[C@H]1CC[C@H]2[C@@H]3[C@@H](O)C[C@@H]4C[C@H](O)CC[C@]4(C)[C@H]3CC[C@]12C.C[C@H](CCC(=O)O)[C@H]1CC[C@H]2[C@@H]3[C@@H](O)C[C@@H]4C[C@H](O)CC[C@]4(C)[C@H]3CC[C@]12C.c1c[nH]cn1. The van der Waals surface area contributed by atoms with Crippen molar-refractivity contribution < 1.29 is 39.9 Å². The zero-order chi connectivity index (χ0) is 44.8. The van der Waals surface area contributed by atoms with Gasteiger partial charge in [-0.1, -0.05) is 41.5 Å². The number of aromatic amines is 1. The number of aliphatic carboxylic acids is 1. The summed E-state index contributed by atoms with van der Waals surface area (Å²) in [6.07, 6.45) is 24.1. The van der Waals surface area contributed by atoms with Crippen LogP contribution in [0.4, 0.5) is 0 Å². The summed E-state index contributed by atoms with van der Waals surface area (Å²) in [4.78, 5) is 29.1. The number of hydrogen-bond acceptors (Lipinski definition) is 8. The summed E-state index contributed by atoms with van der Waals surface area (Å²) in [5.74, 6) is 5.53. The second kappa shape index (κ2) is 19.1. The van der Waals surface area contributed by atoms with Crippen molar-refractivity contribution in [2.24, 2.45) is 92.7 Å². The average molecular weight is 867 g/mol. The third kappa shape index (κ3) is 8.96. The fraction of sp³-hybridized carbons (Fsp3) is 0.904. The maximum atomic E-state index is 11.6. The van der Waals surface area contributed by atoms with Gasteiger partial charge in [0, 0.05) is 25.2 Å². The number of aliphatic hydroxyl groups is 4. The van der Waals surface area contributed by atoms with Crippen LogP contribution in [-0.4, -0.2) is 79.0 Å². The summed E-state index contributed by atoms with van der Waals surface area (Å²) in [7, 11) is 1.48. The van der Waals surface area contributed by atoms with E-state index in [1.807, 2.05) is 0 Å². The highest BCUT2D eigenvalue weighted by Crippen LogP contribution is 2.70. The molecule has 8 saturated carbocycles. The minimum absolute atomic E-state index is 0.0959. The average Bonchev–Trinajstić information content (AvgIpc) is 4.01. The third-order valence-corrected chi connectivity index (χ3v) is 21.1. The number of aliphatic hydroxyl groups excluding tert-OH is 4. The fourth-order valence-electron chi connectivity index (χ4n) is 17.8. The van der Waals surface area contributed by atoms with Gasteiger partial charge in [-0.25, -0.2) is 4.98 Å². The first-order valence-corrected chi connectivity index (χ1v) is 25.3. The lowest BCUT2D eigenvalue weighted by Gasteiger charge is -2.62. The molecule has 0 unspecified atom stereocenters. The van der Waals surface area contributed by atoms with E-state index in [4.69, 9.17) is 9.84 Å². The summed E-state index contributed by atoms with van der Waals surface area (Å²) in [6.45, 7) is 14.5. The molecule has 1 heterocycles. The van der Waals surface area contributed by atoms with Crippen LogP contribution in [0, 0.1) is 92.7 Å². The predicted octanol–water partition coefficient (Wildman–Crippen LogP) is 9.45. The molecule has 8 fully saturated rings. The molecule has 0 aliphatic heterocycles. The van der Waals surface area contributed by atoms with Crippen molar-refractivity contribution in [1.82, 2.24) is 9.97 Å². The Labute approximate surface area is 373 Å². The van der Waals surface area contributed by atoms with Gasteiger partial charge < -0.3 is 35.3 Å². The largest absolute Gasteiger partial charge is 0.481 e. The highest BCUT2D eigenvalue weighted by atomic mass is 16.5. The number of H-pyrrole nitrogens is 1. The maximum absolute atomic E-state index is 11.6. The van der Waals surface area contributed by atoms with E-state index in [1.165, 1.54) is 58.5 Å². The standard InChI is InChI=1S/C25H42O4.C24H40O4.C3H4N2/c1-15(5-8-22(28)29-4)18-6-7-19-23-20(10-12-25(18,19)3)24(2)11-9-17(26)13-16(24)14-21(23)27;1-14(4-7-21(27)28)17-5-6-18-22-19(9-11-24(17,18)3)23(2)10-8-16(25)12-15(23)13-20(22)26;1-2-5-3-4-1/h15-21,23,26-27H,5-14H2,1-4H3;14-20,22,25-26H,4-13H2,1-3H3,(H,27,28);1-3H,(H,4,5)/t15-,16+,17-,18-,19+,20+,21+,23+,24+,25-;14-,15+,16-,17-,18+,19+,20+,22+,23+,24-;/m11./s1. The Hall–Kier alpha value is -2.01. The fourth-order valence-corrected chi connectivity index (χ4v) is 17.8. The maximum Gasteiger partial charge on any atom is 0.305 e. The lowest BCUT2D eigenvalue weighted by molar-refractivity contribution is -0.174. The summed E-state index contributed by atoms with van der Waals surface area (Å²) < 4.78 is 4.86. The van der Waals surface area contributed by atoms with Crippen LogP contribution in [-0.2, 0) is 14.3 Å². The first kappa shape index (κ1) is 47.9. The van der Waals surface area contributed by atoms with Gasteiger partial charge in [-0.15, -0.1) is 0 Å². The van der Waals surface area contributed by atoms with Crippen LogP contribution < -0.4 is 0 Å². The number of fused-ring (bicyclic) bond motifs is 10. The van der Waals surface area contributed by atoms with Crippen molar-refractivity contribution in [3.8, 4) is 0 Å². The Morgan fingerprint density at radius 1 is 0.645 bits per heavy atom. The second-order valence-electron chi connectivity index (χ2n) is 23.7. The van der Waals surface area contributed by atoms with Crippen LogP contribution in [0.1, 0.15) is 170 Å². The molecule has 0 spiro atoms. The Morgan fingerprint density at radius 2 is 1.08 bits per heavy atom. The molecule has 8 aliphatic carbocycles. The molecule has 6 N–H and O–H groups in total. The third-order valence-electron chi connectivity index (χ3n) is 21.1. The Kier molecular flexibility index (Phi) is 14.7. The number of esters is 1. The molecule has 9 rings (SSSR count). The van der Waals surface area contributed by atoms with Crippen LogP contribution in [0.25, 0.3) is 0 Å². The molecule has 1 aromatic heterocycles. The summed E-state index contributed by atoms with van der Waals surface area (Å²) in [5, 5.41) is 52.1. The lowest BCUT2D eigenvalue weighted by Crippen LogP contribution is -2.58. The molecular formula is C52H86N2O8. The molecular weight excluding hydrogens is 781 g/mol. The van der Waals surface area contributed by atoms with E-state index in [0.717, 1.165) is 64.2 Å². The number of carboxylic acid groups (broad SMARTS) is 1. The monoisotopic (exact) mass is 867 g/mol. The molecule has 0 radical (unpaired) electrons. The summed E-state index contributed by atoms with van der Waals surface area (Å²) in [5.41, 5.74) is 1.10. The summed E-state index contributed by atoms with van der Waals surface area (Å²) in [6, 6.07) is 0. The molecule has 0 saturated heterocycles. The van der Waals surface area contributed by atoms with Crippen LogP contribution >= 0.6 is 0 Å². The smallest absolute Gasteiger partial charge is 0.305 e. The van der Waals surface area contributed by atoms with Crippen molar-refractivity contribution in [1.29, 1.82) is 0 Å². The number of aromatic nitrogens is 2. The van der Waals surface area contributed by atoms with Gasteiger partial charge in [-0.05, 0) is 208 Å². The highest BCUT2D eigenvalue weighted by Gasteiger charge is 2.64. The molecule has 0 amide bonds. The molecule has 10 nitrogen and oxygen atoms in total. The van der Waals surface area contributed by atoms with Crippen LogP contribution in [0.2, 0.25) is 0 Å².